The standard InChI is InChI=1S/C19H19Br2N3O6.C19H21BrN4O6.C4H8O.C2H2.B2/c2*1-4-6-30-14-8-12(7-13(9-14)28-3)11-23(19(25)29-5-2)15-10-16(20)22-18(21)17(15)24(26)27;1-2-4-5-3-1;2*1-2/h4,7-10H,1,5-6,11H2,2-3H3;4,7-10H,1,5-6,11H2,2-3H3,(H2,21,22);1-4H2;1-2H;. The van der Waals surface area contributed by atoms with Crippen LogP contribution in [0.5, 0.6) is 23.0 Å². The van der Waals surface area contributed by atoms with Crippen molar-refractivity contribution < 1.29 is 52.6 Å². The predicted molar refractivity (Wildman–Crippen MR) is 275 cm³/mol. The van der Waals surface area contributed by atoms with E-state index in [1.165, 1.54) is 39.2 Å². The van der Waals surface area contributed by atoms with Crippen molar-refractivity contribution in [3.05, 3.63) is 119 Å². The largest absolute Gasteiger partial charge is 0.497 e. The maximum atomic E-state index is 12.7. The van der Waals surface area contributed by atoms with E-state index >= 15 is 0 Å². The summed E-state index contributed by atoms with van der Waals surface area (Å²) >= 11 is 9.46. The molecule has 3 heterocycles. The van der Waals surface area contributed by atoms with E-state index in [1.807, 2.05) is 0 Å². The molecule has 366 valence electrons. The van der Waals surface area contributed by atoms with Crippen molar-refractivity contribution in [3.8, 4) is 35.8 Å². The molecule has 0 bridgehead atoms. The van der Waals surface area contributed by atoms with Crippen LogP contribution in [-0.2, 0) is 27.3 Å². The van der Waals surface area contributed by atoms with Gasteiger partial charge in [0.25, 0.3) is 0 Å². The van der Waals surface area contributed by atoms with Gasteiger partial charge in [0.15, 0.2) is 4.60 Å². The molecule has 0 atom stereocenters. The minimum absolute atomic E-state index is 0.0172. The molecule has 69 heavy (non-hydrogen) atoms. The average molecular weight is 1150 g/mol. The Labute approximate surface area is 428 Å². The number of nitrogens with two attached hydrogens (primary N) is 1. The molecule has 2 aromatic carbocycles. The summed E-state index contributed by atoms with van der Waals surface area (Å²) in [6.07, 6.45) is 12.2. The Kier molecular flexibility index (Phi) is 29.2. The van der Waals surface area contributed by atoms with Gasteiger partial charge in [0, 0.05) is 53.0 Å². The van der Waals surface area contributed by atoms with Crippen molar-refractivity contribution in [1.82, 2.24) is 9.97 Å². The first kappa shape index (κ1) is 60.7. The Morgan fingerprint density at radius 1 is 0.739 bits per heavy atom. The lowest BCUT2D eigenvalue weighted by Crippen LogP contribution is -2.32. The normalized spacial score (nSPS) is 10.7. The summed E-state index contributed by atoms with van der Waals surface area (Å²) in [5.74, 6) is 1.64. The second-order valence-corrected chi connectivity index (χ2v) is 15.3. The number of nitrogens with zero attached hydrogens (tertiary/aromatic N) is 6. The van der Waals surface area contributed by atoms with Crippen molar-refractivity contribution in [2.75, 3.05) is 69.4 Å². The molecule has 2 amide bonds. The summed E-state index contributed by atoms with van der Waals surface area (Å²) in [6.45, 7) is 13.1. The van der Waals surface area contributed by atoms with Gasteiger partial charge in [-0.3, -0.25) is 30.0 Å². The molecule has 1 aliphatic heterocycles. The third-order valence-electron chi connectivity index (χ3n) is 8.39. The maximum absolute atomic E-state index is 12.7. The molecular formula is C44H50B2Br3N7O13. The number of aromatic nitrogens is 2. The molecule has 1 saturated heterocycles. The van der Waals surface area contributed by atoms with E-state index in [0.717, 1.165) is 23.0 Å². The summed E-state index contributed by atoms with van der Waals surface area (Å²) in [7, 11) is 11.0. The monoisotopic (exact) mass is 1140 g/mol. The fraction of sp³-hybridized carbons (Fsp3) is 0.318. The lowest BCUT2D eigenvalue weighted by molar-refractivity contribution is -0.385. The van der Waals surface area contributed by atoms with Crippen LogP contribution in [0.3, 0.4) is 0 Å². The fourth-order valence-corrected chi connectivity index (χ4v) is 7.26. The van der Waals surface area contributed by atoms with Gasteiger partial charge in [-0.25, -0.2) is 19.6 Å². The van der Waals surface area contributed by atoms with Crippen molar-refractivity contribution in [3.63, 3.8) is 0 Å². The van der Waals surface area contributed by atoms with Gasteiger partial charge in [0.05, 0.1) is 50.4 Å². The zero-order valence-electron chi connectivity index (χ0n) is 38.3. The van der Waals surface area contributed by atoms with E-state index in [0.29, 0.717) is 38.7 Å². The van der Waals surface area contributed by atoms with Crippen LogP contribution in [0.2, 0.25) is 0 Å². The third kappa shape index (κ3) is 20.0. The summed E-state index contributed by atoms with van der Waals surface area (Å²) < 4.78 is 37.4. The smallest absolute Gasteiger partial charge is 0.414 e. The number of rotatable bonds is 18. The highest BCUT2D eigenvalue weighted by molar-refractivity contribution is 9.11. The van der Waals surface area contributed by atoms with Gasteiger partial charge in [-0.15, -0.1) is 12.8 Å². The Balaban J connectivity index is 0.000000586. The second-order valence-electron chi connectivity index (χ2n) is 12.9. The number of ether oxygens (including phenoxy) is 7. The van der Waals surface area contributed by atoms with Crippen molar-refractivity contribution in [1.29, 1.82) is 0 Å². The molecule has 25 heteroatoms. The Morgan fingerprint density at radius 2 is 1.13 bits per heavy atom. The van der Waals surface area contributed by atoms with Crippen molar-refractivity contribution >= 4 is 104 Å². The molecule has 0 aliphatic carbocycles. The molecule has 20 nitrogen and oxygen atoms in total. The van der Waals surface area contributed by atoms with Crippen molar-refractivity contribution in [2.45, 2.75) is 39.8 Å². The Morgan fingerprint density at radius 3 is 1.48 bits per heavy atom. The molecule has 2 N–H and O–H groups in total. The Bertz CT molecular complexity index is 2200. The van der Waals surface area contributed by atoms with Crippen LogP contribution in [0.1, 0.15) is 37.8 Å². The number of carbonyl (C=O) groups is 2. The maximum Gasteiger partial charge on any atom is 0.414 e. The summed E-state index contributed by atoms with van der Waals surface area (Å²) in [4.78, 5) is 57.5. The molecule has 1 fully saturated rings. The highest BCUT2D eigenvalue weighted by Crippen LogP contribution is 2.39. The first-order valence-corrected chi connectivity index (χ1v) is 22.6. The summed E-state index contributed by atoms with van der Waals surface area (Å²) in [5, 5.41) is 23.3. The van der Waals surface area contributed by atoms with E-state index < -0.39 is 27.7 Å². The topological polar surface area (TPSA) is 243 Å². The zero-order chi connectivity index (χ0) is 52.1. The number of pyridine rings is 2. The number of hydrogen-bond acceptors (Lipinski definition) is 16. The number of hydrogen-bond donors (Lipinski definition) is 1. The van der Waals surface area contributed by atoms with Crippen LogP contribution < -0.4 is 34.5 Å². The molecule has 4 radical (unpaired) electrons. The van der Waals surface area contributed by atoms with Gasteiger partial charge in [0.1, 0.15) is 56.8 Å². The second kappa shape index (κ2) is 33.2. The third-order valence-corrected chi connectivity index (χ3v) is 9.75. The van der Waals surface area contributed by atoms with E-state index in [9.17, 15) is 29.8 Å². The number of terminal acetylenes is 1. The number of methoxy groups -OCH3 is 2. The van der Waals surface area contributed by atoms with E-state index in [1.54, 1.807) is 62.4 Å². The number of anilines is 3. The molecular weight excluding hydrogens is 1100 g/mol. The molecule has 2 aromatic heterocycles. The van der Waals surface area contributed by atoms with Gasteiger partial charge in [-0.1, -0.05) is 25.3 Å². The molecule has 0 unspecified atom stereocenters. The zero-order valence-corrected chi connectivity index (χ0v) is 43.0. The Hall–Kier alpha value is -6.35. The summed E-state index contributed by atoms with van der Waals surface area (Å²) in [5.41, 5.74) is 6.03. The van der Waals surface area contributed by atoms with E-state index in [2.05, 4.69) is 99.2 Å². The first-order valence-electron chi connectivity index (χ1n) is 20.2. The van der Waals surface area contributed by atoms with Gasteiger partial charge in [-0.05, 0) is 110 Å². The van der Waals surface area contributed by atoms with Gasteiger partial charge in [-0.2, -0.15) is 0 Å². The van der Waals surface area contributed by atoms with Crippen LogP contribution >= 0.6 is 47.8 Å². The highest BCUT2D eigenvalue weighted by Gasteiger charge is 2.32. The number of halogens is 3. The predicted octanol–water partition coefficient (Wildman–Crippen LogP) is 9.61. The van der Waals surface area contributed by atoms with Crippen LogP contribution in [0.15, 0.2) is 87.7 Å². The molecule has 0 spiro atoms. The number of amides is 2. The van der Waals surface area contributed by atoms with Gasteiger partial charge < -0.3 is 38.9 Å². The molecule has 1 aliphatic rings. The number of nitro groups is 2. The average Bonchev–Trinajstić information content (AvgIpc) is 3.93. The van der Waals surface area contributed by atoms with Crippen LogP contribution in [0.4, 0.5) is 38.2 Å². The minimum atomic E-state index is -0.783. The lowest BCUT2D eigenvalue weighted by Gasteiger charge is -2.23. The van der Waals surface area contributed by atoms with E-state index in [-0.39, 0.29) is 71.6 Å². The minimum Gasteiger partial charge on any atom is -0.497 e. The fourth-order valence-electron chi connectivity index (χ4n) is 5.68. The van der Waals surface area contributed by atoms with E-state index in [4.69, 9.17) is 38.9 Å². The van der Waals surface area contributed by atoms with Crippen LogP contribution in [-0.4, -0.2) is 101 Å². The van der Waals surface area contributed by atoms with Crippen LogP contribution in [0, 0.1) is 33.1 Å². The van der Waals surface area contributed by atoms with Crippen molar-refractivity contribution in [2.24, 2.45) is 0 Å². The van der Waals surface area contributed by atoms with Gasteiger partial charge in [0.2, 0.25) is 5.82 Å². The molecule has 4 aromatic rings. The number of carbonyl (C=O) groups excluding carboxylic acids is 2. The lowest BCUT2D eigenvalue weighted by atomic mass is 9.81. The highest BCUT2D eigenvalue weighted by atomic mass is 79.9. The first-order chi connectivity index (χ1) is 33.1. The number of benzene rings is 2. The quantitative estimate of drug-likeness (QED) is 0.0243. The summed E-state index contributed by atoms with van der Waals surface area (Å²) in [6, 6.07) is 12.8. The SMILES string of the molecule is C#C.C1CCOC1.C=CCOc1cc(CN(C(=O)OCC)c2cc(Br)nc(Br)c2[N+](=O)[O-])cc(OC)c1.C=CCOc1cc(CN(C(=O)OCC)c2cc(Br)nc(N)c2[N+](=O)[O-])cc(OC)c1.[B][B]. The number of nitrogen functional groups attached to an aromatic ring is 1. The van der Waals surface area contributed by atoms with Gasteiger partial charge >= 0.3 is 23.6 Å². The molecule has 0 saturated carbocycles. The molecule has 5 rings (SSSR count). The van der Waals surface area contributed by atoms with Crippen LogP contribution in [0.25, 0.3) is 0 Å².